The van der Waals surface area contributed by atoms with E-state index in [1.165, 1.54) is 23.5 Å². The van der Waals surface area contributed by atoms with Crippen LogP contribution in [0.4, 0.5) is 35.1 Å². The molecule has 0 radical (unpaired) electrons. The summed E-state index contributed by atoms with van der Waals surface area (Å²) in [6.45, 7) is 3.84. The summed E-state index contributed by atoms with van der Waals surface area (Å²) in [5, 5.41) is 23.6. The van der Waals surface area contributed by atoms with Crippen LogP contribution in [0.3, 0.4) is 0 Å². The average Bonchev–Trinajstić information content (AvgIpc) is 3.66. The van der Waals surface area contributed by atoms with Crippen LogP contribution in [0.5, 0.6) is 5.75 Å². The Kier molecular flexibility index (Phi) is 8.77. The summed E-state index contributed by atoms with van der Waals surface area (Å²) in [6, 6.07) is 12.4. The van der Waals surface area contributed by atoms with Gasteiger partial charge in [0.1, 0.15) is 0 Å². The SMILES string of the molecule is Cc1c(Nc2nc3ccccc3s2)nnc2c1CCCN2c1nc(C(=O)O)c(CCCOc2ccc(C#CCN3C[C@@H]4[C@H](C3)C4(F)F)cc2F)s1. The lowest BCUT2D eigenvalue weighted by Gasteiger charge is -2.28. The molecule has 262 valence electrons. The molecule has 1 saturated heterocycles. The Hall–Kier alpha value is -4.78. The number of hydrogen-bond donors (Lipinski definition) is 2. The van der Waals surface area contributed by atoms with E-state index in [2.05, 4.69) is 37.3 Å². The highest BCUT2D eigenvalue weighted by atomic mass is 32.1. The van der Waals surface area contributed by atoms with Crippen LogP contribution in [0.1, 0.15) is 44.9 Å². The van der Waals surface area contributed by atoms with Crippen molar-refractivity contribution in [3.63, 3.8) is 0 Å². The quantitative estimate of drug-likeness (QED) is 0.114. The molecule has 51 heavy (non-hydrogen) atoms. The maximum absolute atomic E-state index is 14.8. The molecule has 5 heterocycles. The Morgan fingerprint density at radius 3 is 2.75 bits per heavy atom. The van der Waals surface area contributed by atoms with Gasteiger partial charge < -0.3 is 20.1 Å². The number of likely N-dealkylation sites (tertiary alicyclic amines) is 1. The van der Waals surface area contributed by atoms with Gasteiger partial charge >= 0.3 is 5.97 Å². The number of anilines is 4. The van der Waals surface area contributed by atoms with Crippen molar-refractivity contribution in [2.24, 2.45) is 11.8 Å². The molecule has 10 nitrogen and oxygen atoms in total. The molecule has 2 fully saturated rings. The van der Waals surface area contributed by atoms with E-state index in [0.29, 0.717) is 66.2 Å². The summed E-state index contributed by atoms with van der Waals surface area (Å²) in [4.78, 5) is 25.8. The van der Waals surface area contributed by atoms with Crippen LogP contribution in [-0.2, 0) is 12.8 Å². The number of carbonyl (C=O) groups is 1. The second-order valence-corrected chi connectivity index (χ2v) is 15.0. The first kappa shape index (κ1) is 33.4. The Labute approximate surface area is 299 Å². The molecular formula is C36H32F3N7O3S2. The van der Waals surface area contributed by atoms with Crippen molar-refractivity contribution in [3.8, 4) is 17.6 Å². The third-order valence-corrected chi connectivity index (χ3v) is 11.7. The number of rotatable bonds is 10. The van der Waals surface area contributed by atoms with Crippen LogP contribution in [0, 0.1) is 36.4 Å². The third-order valence-electron chi connectivity index (χ3n) is 9.57. The zero-order chi connectivity index (χ0) is 35.3. The van der Waals surface area contributed by atoms with E-state index in [-0.39, 0.29) is 18.1 Å². The van der Waals surface area contributed by atoms with E-state index in [9.17, 15) is 23.1 Å². The number of carboxylic acids is 1. The monoisotopic (exact) mass is 731 g/mol. The van der Waals surface area contributed by atoms with Gasteiger partial charge in [0.05, 0.1) is 23.4 Å². The normalized spacial score (nSPS) is 18.9. The molecule has 3 aromatic heterocycles. The Morgan fingerprint density at radius 2 is 1.96 bits per heavy atom. The number of hydrogen-bond acceptors (Lipinski definition) is 11. The molecule has 3 aliphatic rings. The molecule has 1 aliphatic carbocycles. The van der Waals surface area contributed by atoms with Gasteiger partial charge in [-0.2, -0.15) is 0 Å². The number of thiazole rings is 2. The number of nitrogens with one attached hydrogen (secondary N) is 1. The summed E-state index contributed by atoms with van der Waals surface area (Å²) in [7, 11) is 0. The van der Waals surface area contributed by atoms with Crippen LogP contribution in [0.2, 0.25) is 0 Å². The fourth-order valence-corrected chi connectivity index (χ4v) is 8.77. The number of aromatic carboxylic acids is 1. The number of benzene rings is 2. The molecule has 2 atom stereocenters. The first-order chi connectivity index (χ1) is 24.7. The molecule has 0 bridgehead atoms. The summed E-state index contributed by atoms with van der Waals surface area (Å²) >= 11 is 2.84. The van der Waals surface area contributed by atoms with E-state index in [0.717, 1.165) is 39.3 Å². The predicted molar refractivity (Wildman–Crippen MR) is 190 cm³/mol. The van der Waals surface area contributed by atoms with Gasteiger partial charge in [0.2, 0.25) is 0 Å². The third kappa shape index (κ3) is 6.59. The number of ether oxygens (including phenoxy) is 1. The molecule has 8 rings (SSSR count). The maximum atomic E-state index is 14.8. The summed E-state index contributed by atoms with van der Waals surface area (Å²) in [5.74, 6) is 1.90. The lowest BCUT2D eigenvalue weighted by molar-refractivity contribution is 0.0560. The number of alkyl halides is 2. The van der Waals surface area contributed by atoms with E-state index < -0.39 is 29.5 Å². The predicted octanol–water partition coefficient (Wildman–Crippen LogP) is 7.08. The topological polar surface area (TPSA) is 117 Å². The highest BCUT2D eigenvalue weighted by molar-refractivity contribution is 7.22. The zero-order valence-corrected chi connectivity index (χ0v) is 29.1. The van der Waals surface area contributed by atoms with Gasteiger partial charge in [-0.25, -0.2) is 27.9 Å². The number of piperidine rings is 1. The van der Waals surface area contributed by atoms with Crippen molar-refractivity contribution in [2.75, 3.05) is 43.0 Å². The van der Waals surface area contributed by atoms with Crippen LogP contribution >= 0.6 is 22.7 Å². The minimum Gasteiger partial charge on any atom is -0.491 e. The molecule has 0 amide bonds. The highest BCUT2D eigenvalue weighted by Gasteiger charge is 2.71. The average molecular weight is 732 g/mol. The van der Waals surface area contributed by atoms with Crippen molar-refractivity contribution < 1.29 is 27.8 Å². The van der Waals surface area contributed by atoms with Gasteiger partial charge in [0, 0.05) is 53.0 Å². The molecule has 1 saturated carbocycles. The van der Waals surface area contributed by atoms with E-state index >= 15 is 0 Å². The fraction of sp³-hybridized carbons (Fsp3) is 0.361. The van der Waals surface area contributed by atoms with Gasteiger partial charge in [0.25, 0.3) is 5.92 Å². The molecule has 0 spiro atoms. The van der Waals surface area contributed by atoms with Crippen molar-refractivity contribution in [1.82, 2.24) is 25.1 Å². The van der Waals surface area contributed by atoms with E-state index in [1.807, 2.05) is 41.0 Å². The number of aryl methyl sites for hydroxylation is 1. The van der Waals surface area contributed by atoms with Gasteiger partial charge in [0.15, 0.2) is 39.2 Å². The van der Waals surface area contributed by atoms with Crippen LogP contribution in [-0.4, -0.2) is 74.8 Å². The second kappa shape index (κ2) is 13.4. The number of carboxylic acid groups (broad SMARTS) is 1. The van der Waals surface area contributed by atoms with Gasteiger partial charge in [-0.05, 0) is 62.9 Å². The molecule has 15 heteroatoms. The van der Waals surface area contributed by atoms with Crippen molar-refractivity contribution in [1.29, 1.82) is 0 Å². The summed E-state index contributed by atoms with van der Waals surface area (Å²) in [6.07, 6.45) is 2.46. The van der Waals surface area contributed by atoms with E-state index in [4.69, 9.17) is 4.74 Å². The summed E-state index contributed by atoms with van der Waals surface area (Å²) < 4.78 is 48.3. The molecular weight excluding hydrogens is 700 g/mol. The van der Waals surface area contributed by atoms with Crippen molar-refractivity contribution in [3.05, 3.63) is 75.5 Å². The standard InChI is InChI=1S/C36H32F3N7O3S2/c1-20-22-8-5-15-46(32(22)44-43-31(20)42-34-40-26-9-2-3-10-28(26)50-34)35-41-30(33(47)48)29(51-35)11-6-16-49-27-13-12-21(17-25(27)37)7-4-14-45-18-23-24(19-45)36(23,38)39/h2-3,9-10,12-13,17,23-24H,5-6,8,11,14-16,18-19H2,1H3,(H,47,48)(H,40,42,43)/t23-,24+. The molecule has 5 aromatic rings. The minimum atomic E-state index is -2.52. The maximum Gasteiger partial charge on any atom is 0.355 e. The zero-order valence-electron chi connectivity index (χ0n) is 27.5. The molecule has 2 N–H and O–H groups in total. The second-order valence-electron chi connectivity index (χ2n) is 12.9. The van der Waals surface area contributed by atoms with Crippen LogP contribution < -0.4 is 15.0 Å². The lowest BCUT2D eigenvalue weighted by Crippen LogP contribution is -2.27. The van der Waals surface area contributed by atoms with Gasteiger partial charge in [-0.3, -0.25) is 4.90 Å². The fourth-order valence-electron chi connectivity index (χ4n) is 6.79. The Balaban J connectivity index is 0.889. The van der Waals surface area contributed by atoms with Crippen LogP contribution in [0.25, 0.3) is 10.2 Å². The lowest BCUT2D eigenvalue weighted by atomic mass is 10.0. The number of aromatic nitrogens is 4. The Morgan fingerprint density at radius 1 is 1.14 bits per heavy atom. The molecule has 2 aromatic carbocycles. The first-order valence-electron chi connectivity index (χ1n) is 16.7. The molecule has 0 unspecified atom stereocenters. The number of para-hydroxylation sites is 1. The van der Waals surface area contributed by atoms with Gasteiger partial charge in [-0.15, -0.1) is 21.5 Å². The van der Waals surface area contributed by atoms with Crippen LogP contribution in [0.15, 0.2) is 42.5 Å². The van der Waals surface area contributed by atoms with E-state index in [1.54, 1.807) is 17.4 Å². The largest absolute Gasteiger partial charge is 0.491 e. The number of halogens is 3. The Bertz CT molecular complexity index is 2170. The summed E-state index contributed by atoms with van der Waals surface area (Å²) in [5.41, 5.74) is 3.34. The molecule has 2 aliphatic heterocycles. The van der Waals surface area contributed by atoms with Crippen molar-refractivity contribution in [2.45, 2.75) is 38.5 Å². The number of fused-ring (bicyclic) bond motifs is 3. The number of nitrogens with zero attached hydrogens (tertiary/aromatic N) is 6. The minimum absolute atomic E-state index is 0.0188. The van der Waals surface area contributed by atoms with Crippen molar-refractivity contribution >= 4 is 60.8 Å². The highest BCUT2D eigenvalue weighted by Crippen LogP contribution is 2.59. The first-order valence-corrected chi connectivity index (χ1v) is 18.3. The smallest absolute Gasteiger partial charge is 0.355 e. The van der Waals surface area contributed by atoms with Gasteiger partial charge in [-0.1, -0.05) is 35.3 Å².